The molecule has 0 bridgehead atoms. The number of nitrogens with one attached hydrogen (secondary N) is 2. The van der Waals surface area contributed by atoms with E-state index in [-0.39, 0.29) is 6.03 Å². The fourth-order valence-electron chi connectivity index (χ4n) is 3.23. The van der Waals surface area contributed by atoms with Crippen LogP contribution in [0.1, 0.15) is 84.0 Å². The van der Waals surface area contributed by atoms with E-state index < -0.39 is 0 Å². The highest BCUT2D eigenvalue weighted by Crippen LogP contribution is 2.22. The molecule has 1 rings (SSSR count). The predicted octanol–water partition coefficient (Wildman–Crippen LogP) is 7.63. The zero-order chi connectivity index (χ0) is 21.7. The molecule has 30 heavy (non-hydrogen) atoms. The van der Waals surface area contributed by atoms with Gasteiger partial charge in [0, 0.05) is 6.54 Å². The van der Waals surface area contributed by atoms with E-state index in [4.69, 9.17) is 4.74 Å². The Morgan fingerprint density at radius 1 is 0.867 bits per heavy atom. The van der Waals surface area contributed by atoms with Crippen molar-refractivity contribution in [3.8, 4) is 5.75 Å². The molecule has 2 amide bonds. The molecule has 0 aliphatic carbocycles. The second kappa shape index (κ2) is 18.8. The number of urea groups is 1. The van der Waals surface area contributed by atoms with Gasteiger partial charge in [-0.2, -0.15) is 0 Å². The van der Waals surface area contributed by atoms with Crippen LogP contribution in [0.4, 0.5) is 10.5 Å². The van der Waals surface area contributed by atoms with Gasteiger partial charge in [-0.05, 0) is 50.7 Å². The maximum atomic E-state index is 12.0. The summed E-state index contributed by atoms with van der Waals surface area (Å²) in [7, 11) is 1.60. The Hall–Kier alpha value is -2.23. The highest BCUT2D eigenvalue weighted by Gasteiger charge is 2.05. The van der Waals surface area contributed by atoms with Gasteiger partial charge in [-0.1, -0.05) is 81.9 Å². The number of ether oxygens (including phenoxy) is 1. The van der Waals surface area contributed by atoms with Gasteiger partial charge in [0.1, 0.15) is 5.75 Å². The summed E-state index contributed by atoms with van der Waals surface area (Å²) in [5, 5.41) is 5.74. The van der Waals surface area contributed by atoms with Gasteiger partial charge >= 0.3 is 6.03 Å². The third kappa shape index (κ3) is 13.9. The molecule has 0 atom stereocenters. The highest BCUT2D eigenvalue weighted by atomic mass is 16.5. The van der Waals surface area contributed by atoms with Crippen molar-refractivity contribution in [1.82, 2.24) is 5.32 Å². The Kier molecular flexibility index (Phi) is 16.2. The molecular weight excluding hydrogens is 372 g/mol. The number of methoxy groups -OCH3 is 1. The molecule has 0 aromatic heterocycles. The van der Waals surface area contributed by atoms with Crippen LogP contribution in [0.25, 0.3) is 0 Å². The molecule has 0 aliphatic rings. The van der Waals surface area contributed by atoms with Crippen LogP contribution in [-0.4, -0.2) is 19.7 Å². The lowest BCUT2D eigenvalue weighted by atomic mass is 10.1. The molecule has 0 heterocycles. The van der Waals surface area contributed by atoms with Crippen LogP contribution in [0.15, 0.2) is 48.6 Å². The smallest absolute Gasteiger partial charge is 0.319 e. The van der Waals surface area contributed by atoms with E-state index in [2.05, 4.69) is 41.9 Å². The van der Waals surface area contributed by atoms with Crippen LogP contribution in [0, 0.1) is 0 Å². The van der Waals surface area contributed by atoms with Crippen LogP contribution < -0.4 is 15.4 Å². The average Bonchev–Trinajstić information content (AvgIpc) is 2.76. The van der Waals surface area contributed by atoms with Crippen molar-refractivity contribution in [2.45, 2.75) is 84.0 Å². The van der Waals surface area contributed by atoms with Crippen LogP contribution in [-0.2, 0) is 0 Å². The molecule has 2 N–H and O–H groups in total. The van der Waals surface area contributed by atoms with Gasteiger partial charge in [-0.25, -0.2) is 4.79 Å². The number of hydrogen-bond acceptors (Lipinski definition) is 2. The lowest BCUT2D eigenvalue weighted by Crippen LogP contribution is -2.29. The van der Waals surface area contributed by atoms with E-state index in [0.717, 1.165) is 19.3 Å². The summed E-state index contributed by atoms with van der Waals surface area (Å²) in [6.07, 6.45) is 23.9. The molecular formula is C26H42N2O2. The fraction of sp³-hybridized carbons (Fsp3) is 0.577. The van der Waals surface area contributed by atoms with Gasteiger partial charge in [0.05, 0.1) is 12.8 Å². The second-order valence-corrected chi connectivity index (χ2v) is 7.67. The first-order valence-electron chi connectivity index (χ1n) is 11.8. The van der Waals surface area contributed by atoms with E-state index in [0.29, 0.717) is 18.0 Å². The van der Waals surface area contributed by atoms with Gasteiger partial charge in [-0.15, -0.1) is 0 Å². The van der Waals surface area contributed by atoms with Crippen molar-refractivity contribution in [3.05, 3.63) is 48.6 Å². The third-order valence-corrected chi connectivity index (χ3v) is 5.02. The maximum absolute atomic E-state index is 12.0. The summed E-state index contributed by atoms with van der Waals surface area (Å²) in [6, 6.07) is 7.24. The normalized spacial score (nSPS) is 11.3. The largest absolute Gasteiger partial charge is 0.495 e. The number of allylic oxidation sites excluding steroid dienone is 4. The number of anilines is 1. The van der Waals surface area contributed by atoms with Crippen LogP contribution in [0.3, 0.4) is 0 Å². The minimum Gasteiger partial charge on any atom is -0.495 e. The van der Waals surface area contributed by atoms with Gasteiger partial charge < -0.3 is 15.4 Å². The Morgan fingerprint density at radius 3 is 2.20 bits per heavy atom. The van der Waals surface area contributed by atoms with Crippen molar-refractivity contribution in [2.24, 2.45) is 0 Å². The van der Waals surface area contributed by atoms with E-state index >= 15 is 0 Å². The zero-order valence-corrected chi connectivity index (χ0v) is 19.1. The van der Waals surface area contributed by atoms with E-state index in [1.165, 1.54) is 57.8 Å². The number of benzene rings is 1. The van der Waals surface area contributed by atoms with Crippen molar-refractivity contribution in [3.63, 3.8) is 0 Å². The molecule has 4 heteroatoms. The van der Waals surface area contributed by atoms with Crippen molar-refractivity contribution in [2.75, 3.05) is 19.0 Å². The molecule has 0 aliphatic heterocycles. The van der Waals surface area contributed by atoms with Crippen molar-refractivity contribution < 1.29 is 9.53 Å². The number of para-hydroxylation sites is 2. The molecule has 4 nitrogen and oxygen atoms in total. The molecule has 0 fully saturated rings. The number of carbonyl (C=O) groups excluding carboxylic acids is 1. The molecule has 168 valence electrons. The van der Waals surface area contributed by atoms with Crippen molar-refractivity contribution >= 4 is 11.7 Å². The monoisotopic (exact) mass is 414 g/mol. The standard InChI is InChI=1S/C26H42N2O2/c1-3-4-5-6-7-8-9-10-11-12-13-14-15-16-17-20-23-27-26(29)28-24-21-18-19-22-25(24)30-2/h7-8,10-11,18-19,21-22H,3-6,9,12-17,20,23H2,1-2H3,(H2,27,28,29)/b8-7+,11-10-. The molecule has 1 aromatic rings. The Bertz CT molecular complexity index is 611. The molecule has 0 saturated heterocycles. The maximum Gasteiger partial charge on any atom is 0.319 e. The SMILES string of the molecule is CCCCC/C=C/C/C=C\CCCCCCCCNC(=O)Nc1ccccc1OC. The average molecular weight is 415 g/mol. The van der Waals surface area contributed by atoms with E-state index in [1.54, 1.807) is 7.11 Å². The summed E-state index contributed by atoms with van der Waals surface area (Å²) in [5.74, 6) is 0.668. The first-order chi connectivity index (χ1) is 14.8. The van der Waals surface area contributed by atoms with E-state index in [1.807, 2.05) is 24.3 Å². The van der Waals surface area contributed by atoms with Crippen LogP contribution >= 0.6 is 0 Å². The second-order valence-electron chi connectivity index (χ2n) is 7.67. The molecule has 0 saturated carbocycles. The molecule has 0 radical (unpaired) electrons. The zero-order valence-electron chi connectivity index (χ0n) is 19.1. The minimum absolute atomic E-state index is 0.179. The quantitative estimate of drug-likeness (QED) is 0.203. The Morgan fingerprint density at radius 2 is 1.50 bits per heavy atom. The lowest BCUT2D eigenvalue weighted by molar-refractivity contribution is 0.251. The fourth-order valence-corrected chi connectivity index (χ4v) is 3.23. The number of carbonyl (C=O) groups is 1. The summed E-state index contributed by atoms with van der Waals surface area (Å²) >= 11 is 0. The Balaban J connectivity index is 1.90. The molecule has 0 unspecified atom stereocenters. The third-order valence-electron chi connectivity index (χ3n) is 5.02. The first-order valence-corrected chi connectivity index (χ1v) is 11.8. The summed E-state index contributed by atoms with van der Waals surface area (Å²) in [6.45, 7) is 2.95. The number of rotatable bonds is 17. The van der Waals surface area contributed by atoms with Crippen LogP contribution in [0.2, 0.25) is 0 Å². The first kappa shape index (κ1) is 25.8. The molecule has 1 aromatic carbocycles. The number of amides is 2. The summed E-state index contributed by atoms with van der Waals surface area (Å²) in [4.78, 5) is 12.0. The van der Waals surface area contributed by atoms with Gasteiger partial charge in [0.15, 0.2) is 0 Å². The summed E-state index contributed by atoms with van der Waals surface area (Å²) in [5.41, 5.74) is 0.689. The summed E-state index contributed by atoms with van der Waals surface area (Å²) < 4.78 is 5.24. The van der Waals surface area contributed by atoms with Gasteiger partial charge in [0.2, 0.25) is 0 Å². The lowest BCUT2D eigenvalue weighted by Gasteiger charge is -2.10. The van der Waals surface area contributed by atoms with Crippen LogP contribution in [0.5, 0.6) is 5.75 Å². The van der Waals surface area contributed by atoms with E-state index in [9.17, 15) is 4.79 Å². The highest BCUT2D eigenvalue weighted by molar-refractivity contribution is 5.90. The number of unbranched alkanes of at least 4 members (excludes halogenated alkanes) is 9. The predicted molar refractivity (Wildman–Crippen MR) is 129 cm³/mol. The molecule has 0 spiro atoms. The van der Waals surface area contributed by atoms with Gasteiger partial charge in [0.25, 0.3) is 0 Å². The van der Waals surface area contributed by atoms with Gasteiger partial charge in [-0.3, -0.25) is 0 Å². The number of hydrogen-bond donors (Lipinski definition) is 2. The van der Waals surface area contributed by atoms with Crippen molar-refractivity contribution in [1.29, 1.82) is 0 Å². The minimum atomic E-state index is -0.179. The Labute approximate surface area is 184 Å². The topological polar surface area (TPSA) is 50.4 Å².